The topological polar surface area (TPSA) is 8.81 Å². The summed E-state index contributed by atoms with van der Waals surface area (Å²) in [5, 5.41) is 0. The molecule has 1 heterocycles. The van der Waals surface area contributed by atoms with E-state index in [2.05, 4.69) is 35.2 Å². The highest BCUT2D eigenvalue weighted by Crippen LogP contribution is 1.73. The number of hydrogen-bond donors (Lipinski definition) is 0. The van der Waals surface area contributed by atoms with Crippen molar-refractivity contribution in [2.75, 3.05) is 0 Å². The third-order valence-electron chi connectivity index (χ3n) is 1.08. The maximum Gasteiger partial charge on any atom is 0.126 e. The Labute approximate surface area is 62.2 Å². The highest BCUT2D eigenvalue weighted by Gasteiger charge is 1.99. The zero-order valence-electron chi connectivity index (χ0n) is 5.54. The molecule has 1 aromatic rings. The van der Waals surface area contributed by atoms with Crippen LogP contribution in [0.2, 0.25) is 0 Å². The van der Waals surface area contributed by atoms with Crippen molar-refractivity contribution in [1.29, 1.82) is 0 Å². The molecule has 1 aromatic heterocycles. The number of imidazole rings is 1. The number of hydrogen-bond acceptors (Lipinski definition) is 0. The average Bonchev–Trinajstić information content (AvgIpc) is 2.20. The van der Waals surface area contributed by atoms with E-state index < -0.39 is 0 Å². The van der Waals surface area contributed by atoms with Gasteiger partial charge >= 0.3 is 0 Å². The summed E-state index contributed by atoms with van der Waals surface area (Å²) in [5.41, 5.74) is 1.50. The largest absolute Gasteiger partial charge is 0.275 e. The maximum atomic E-state index is 3.70. The van der Waals surface area contributed by atoms with Crippen molar-refractivity contribution in [2.45, 2.75) is 6.54 Å². The van der Waals surface area contributed by atoms with Crippen LogP contribution in [0.25, 0.3) is 0 Å². The first-order chi connectivity index (χ1) is 4.75. The van der Waals surface area contributed by atoms with E-state index in [1.165, 1.54) is 5.72 Å². The predicted octanol–water partition coefficient (Wildman–Crippen LogP) is -1.51. The molecule has 0 saturated carbocycles. The van der Waals surface area contributed by atoms with E-state index in [0.717, 1.165) is 6.54 Å². The smallest absolute Gasteiger partial charge is 0.126 e. The third kappa shape index (κ3) is 1.13. The number of rotatable bonds is 2. The van der Waals surface area contributed by atoms with Crippen LogP contribution in [-0.4, -0.2) is 12.4 Å². The molecular formula is C7H13BN2. The molecule has 0 aliphatic carbocycles. The van der Waals surface area contributed by atoms with Gasteiger partial charge in [-0.1, -0.05) is 12.7 Å². The minimum atomic E-state index is 0.297. The van der Waals surface area contributed by atoms with Crippen LogP contribution in [0.15, 0.2) is 25.0 Å². The number of allylic oxidation sites excluding steroid dienone is 1. The lowest BCUT2D eigenvalue weighted by atomic mass is 10.1. The SMILES string of the molecule is [BH3-]c1n(C)cc[n+]1CC=C. The van der Waals surface area contributed by atoms with Gasteiger partial charge in [-0.15, -0.1) is 0 Å². The first-order valence-electron chi connectivity index (χ1n) is 2.88. The predicted molar refractivity (Wildman–Crippen MR) is 45.4 cm³/mol. The van der Waals surface area contributed by atoms with Gasteiger partial charge in [0.1, 0.15) is 18.9 Å². The van der Waals surface area contributed by atoms with Gasteiger partial charge in [-0.25, -0.2) is 0 Å². The van der Waals surface area contributed by atoms with Crippen LogP contribution in [0.4, 0.5) is 0 Å². The van der Waals surface area contributed by atoms with Gasteiger partial charge in [0, 0.05) is 0 Å². The van der Waals surface area contributed by atoms with Gasteiger partial charge in [-0.2, -0.15) is 0 Å². The molecule has 0 bridgehead atoms. The lowest BCUT2D eigenvalue weighted by molar-refractivity contribution is -0.668. The third-order valence-corrected chi connectivity index (χ3v) is 1.08. The molecule has 0 atom stereocenters. The van der Waals surface area contributed by atoms with Crippen LogP contribution in [0.3, 0.4) is 0 Å². The van der Waals surface area contributed by atoms with Crippen molar-refractivity contribution in [3.63, 3.8) is 0 Å². The molecular weight excluding hydrogens is 123 g/mol. The number of aromatic nitrogens is 2. The lowest BCUT2D eigenvalue weighted by Crippen LogP contribution is -2.48. The Balaban J connectivity index is 2.93. The van der Waals surface area contributed by atoms with Gasteiger partial charge in [0.15, 0.2) is 0 Å². The summed E-state index contributed by atoms with van der Waals surface area (Å²) in [7, 11) is 2.40. The molecule has 0 spiro atoms. The van der Waals surface area contributed by atoms with Gasteiger partial charge in [0.2, 0.25) is 0 Å². The van der Waals surface area contributed by atoms with Crippen molar-refractivity contribution < 1.29 is 4.57 Å². The Morgan fingerprint density at radius 2 is 2.60 bits per heavy atom. The maximum absolute atomic E-state index is 3.70. The molecule has 0 aliphatic heterocycles. The van der Waals surface area contributed by atoms with Crippen molar-refractivity contribution in [3.8, 4) is 0 Å². The highest BCUT2D eigenvalue weighted by molar-refractivity contribution is 6.27. The molecule has 0 saturated heterocycles. The molecule has 0 radical (unpaired) electrons. The highest BCUT2D eigenvalue weighted by atomic mass is 15.1. The van der Waals surface area contributed by atoms with E-state index in [0.29, 0.717) is 7.85 Å². The number of nitrogens with zero attached hydrogens (tertiary/aromatic N) is 2. The van der Waals surface area contributed by atoms with Crippen LogP contribution < -0.4 is 10.3 Å². The second-order valence-electron chi connectivity index (χ2n) is 1.95. The van der Waals surface area contributed by atoms with Crippen molar-refractivity contribution in [3.05, 3.63) is 25.0 Å². The molecule has 0 fully saturated rings. The molecule has 0 aliphatic rings. The summed E-state index contributed by atoms with van der Waals surface area (Å²) < 4.78 is 4.45. The summed E-state index contributed by atoms with van der Waals surface area (Å²) in [6, 6.07) is 0. The van der Waals surface area contributed by atoms with E-state index >= 15 is 0 Å². The van der Waals surface area contributed by atoms with Gasteiger partial charge in [-0.05, 0) is 0 Å². The molecule has 3 heteroatoms. The Morgan fingerprint density at radius 1 is 1.90 bits per heavy atom. The van der Waals surface area contributed by atoms with E-state index in [1.54, 1.807) is 0 Å². The van der Waals surface area contributed by atoms with Gasteiger partial charge in [0.05, 0.1) is 20.6 Å². The number of aryl methyl sites for hydroxylation is 1. The first kappa shape index (κ1) is 7.13. The van der Waals surface area contributed by atoms with Crippen LogP contribution in [0.5, 0.6) is 0 Å². The van der Waals surface area contributed by atoms with Gasteiger partial charge < -0.3 is 0 Å². The van der Waals surface area contributed by atoms with Gasteiger partial charge in [-0.3, -0.25) is 9.13 Å². The van der Waals surface area contributed by atoms with Crippen molar-refractivity contribution >= 4 is 13.6 Å². The van der Waals surface area contributed by atoms with Gasteiger partial charge in [0.25, 0.3) is 0 Å². The second-order valence-corrected chi connectivity index (χ2v) is 1.95. The minimum absolute atomic E-state index is 0.297. The monoisotopic (exact) mass is 136 g/mol. The second kappa shape index (κ2) is 2.73. The summed E-state index contributed by atoms with van der Waals surface area (Å²) in [5.74, 6) is 0. The van der Waals surface area contributed by atoms with Crippen LogP contribution in [0, 0.1) is 0 Å². The molecule has 1 rings (SSSR count). The lowest BCUT2D eigenvalue weighted by Gasteiger charge is -1.97. The fraction of sp³-hybridized carbons (Fsp3) is 0.286. The standard InChI is InChI=1S/C7H13BN2/c1-3-4-10-6-5-9(2)7(10)8/h3,5-6H,1,4H2,2,8H3. The van der Waals surface area contributed by atoms with Crippen LogP contribution in [-0.2, 0) is 13.6 Å². The molecule has 0 amide bonds. The summed E-state index contributed by atoms with van der Waals surface area (Å²) in [6.45, 7) is 4.66. The normalized spacial score (nSPS) is 9.80. The minimum Gasteiger partial charge on any atom is -0.275 e. The molecule has 54 valence electrons. The summed E-state index contributed by atoms with van der Waals surface area (Å²) in [4.78, 5) is 0. The van der Waals surface area contributed by atoms with Crippen LogP contribution in [0.1, 0.15) is 0 Å². The summed E-state index contributed by atoms with van der Waals surface area (Å²) in [6.07, 6.45) is 6.15. The van der Waals surface area contributed by atoms with E-state index in [9.17, 15) is 0 Å². The molecule has 10 heavy (non-hydrogen) atoms. The fourth-order valence-corrected chi connectivity index (χ4v) is 0.691. The molecule has 0 N–H and O–H groups in total. The van der Waals surface area contributed by atoms with E-state index in [-0.39, 0.29) is 0 Å². The zero-order valence-corrected chi connectivity index (χ0v) is 5.54. The molecule has 0 aromatic carbocycles. The molecule has 2 nitrogen and oxygen atoms in total. The Hall–Kier alpha value is -0.985. The fourth-order valence-electron chi connectivity index (χ4n) is 0.691. The first-order valence-corrected chi connectivity index (χ1v) is 2.88. The van der Waals surface area contributed by atoms with E-state index in [4.69, 9.17) is 0 Å². The Morgan fingerprint density at radius 3 is 3.00 bits per heavy atom. The quantitative estimate of drug-likeness (QED) is 0.265. The molecule has 0 unspecified atom stereocenters. The average molecular weight is 136 g/mol. The Bertz CT molecular complexity index is 240. The summed E-state index contributed by atoms with van der Waals surface area (Å²) >= 11 is 0. The zero-order chi connectivity index (χ0) is 7.56. The van der Waals surface area contributed by atoms with Crippen molar-refractivity contribution in [1.82, 2.24) is 4.57 Å². The van der Waals surface area contributed by atoms with E-state index in [1.807, 2.05) is 6.08 Å². The van der Waals surface area contributed by atoms with Crippen LogP contribution >= 0.6 is 0 Å². The Kier molecular flexibility index (Phi) is 1.95. The van der Waals surface area contributed by atoms with Crippen molar-refractivity contribution in [2.24, 2.45) is 7.05 Å².